The molecule has 0 bridgehead atoms. The Labute approximate surface area is 781 Å². The van der Waals surface area contributed by atoms with E-state index in [1.807, 2.05) is 22.6 Å². The second-order valence-electron chi connectivity index (χ2n) is 30.8. The third kappa shape index (κ3) is 41.9. The van der Waals surface area contributed by atoms with E-state index < -0.39 is 196 Å². The van der Waals surface area contributed by atoms with Crippen LogP contribution in [0.4, 0.5) is 0 Å². The molecule has 3 heterocycles. The van der Waals surface area contributed by atoms with E-state index >= 15 is 0 Å². The minimum atomic E-state index is -1.63. The zero-order valence-electron chi connectivity index (χ0n) is 71.8. The Hall–Kier alpha value is -6.85. The van der Waals surface area contributed by atoms with Crippen LogP contribution in [0, 0.1) is 10.7 Å². The van der Waals surface area contributed by atoms with Crippen molar-refractivity contribution in [3.63, 3.8) is 0 Å². The molecule has 128 heavy (non-hydrogen) atoms. The highest BCUT2D eigenvalue weighted by molar-refractivity contribution is 14.1. The lowest BCUT2D eigenvalue weighted by molar-refractivity contribution is -0.270. The van der Waals surface area contributed by atoms with Gasteiger partial charge in [-0.3, -0.25) is 52.7 Å². The van der Waals surface area contributed by atoms with Crippen molar-refractivity contribution in [1.29, 1.82) is 0 Å². The van der Waals surface area contributed by atoms with Crippen LogP contribution in [-0.2, 0) is 107 Å². The van der Waals surface area contributed by atoms with E-state index in [-0.39, 0.29) is 167 Å². The Bertz CT molecular complexity index is 3550. The second kappa shape index (κ2) is 61.1. The van der Waals surface area contributed by atoms with Gasteiger partial charge >= 0.3 is 5.97 Å². The average molecular weight is 2160 g/mol. The number of phenolic OH excluding ortho intramolecular Hbond substituents is 1. The molecule has 0 saturated carbocycles. The van der Waals surface area contributed by atoms with Gasteiger partial charge in [0.05, 0.1) is 70.2 Å². The molecule has 2 aromatic carbocycles. The molecule has 5 rings (SSSR count). The van der Waals surface area contributed by atoms with Crippen molar-refractivity contribution in [3.05, 3.63) is 46.6 Å². The molecule has 22 N–H and O–H groups in total. The summed E-state index contributed by atoms with van der Waals surface area (Å²) in [5, 5.41) is 141. The maximum Gasteiger partial charge on any atom is 0.326 e. The predicted octanol–water partition coefficient (Wildman–Crippen LogP) is -3.39. The lowest BCUT2D eigenvalue weighted by Gasteiger charge is -2.42. The van der Waals surface area contributed by atoms with Crippen LogP contribution in [0.15, 0.2) is 30.3 Å². The molecule has 3 aliphatic heterocycles. The summed E-state index contributed by atoms with van der Waals surface area (Å²) in [5.41, 5.74) is -1.07. The number of aliphatic hydroxyl groups is 9. The normalized spacial score (nSPS) is 22.7. The fourth-order valence-corrected chi connectivity index (χ4v) is 15.9. The Morgan fingerprint density at radius 3 is 1.05 bits per heavy atom. The van der Waals surface area contributed by atoms with Gasteiger partial charge in [0.25, 0.3) is 0 Å². The van der Waals surface area contributed by atoms with Crippen LogP contribution in [0.2, 0.25) is 0 Å². The molecule has 3 fully saturated rings. The summed E-state index contributed by atoms with van der Waals surface area (Å²) >= 11 is 6.07. The van der Waals surface area contributed by atoms with Gasteiger partial charge in [-0.05, 0) is 168 Å². The topological polar surface area (TPSA) is 652 Å². The second-order valence-corrected chi connectivity index (χ2v) is 34.3. The van der Waals surface area contributed by atoms with Gasteiger partial charge in [0, 0.05) is 138 Å². The van der Waals surface area contributed by atoms with Crippen molar-refractivity contribution in [1.82, 2.24) is 58.5 Å². The number of nitrogens with one attached hydrogen (secondary N) is 11. The fraction of sp³-hybridized carbons (Fsp3) is 0.704. The first-order valence-corrected chi connectivity index (χ1v) is 45.7. The van der Waals surface area contributed by atoms with Crippen molar-refractivity contribution >= 4 is 139 Å². The summed E-state index contributed by atoms with van der Waals surface area (Å²) in [6.45, 7) is 1.04. The number of hydrogen-bond acceptors (Lipinski definition) is 32. The number of hydrogen-bond donors (Lipinski definition) is 22. The molecule has 3 aliphatic rings. The first-order valence-electron chi connectivity index (χ1n) is 42.4. The number of aliphatic carboxylic acids is 1. The van der Waals surface area contributed by atoms with Gasteiger partial charge < -0.3 is 162 Å². The van der Waals surface area contributed by atoms with Crippen molar-refractivity contribution in [2.75, 3.05) is 119 Å². The number of carboxylic acid groups (broad SMARTS) is 1. The van der Waals surface area contributed by atoms with E-state index in [0.717, 1.165) is 0 Å². The Morgan fingerprint density at radius 1 is 0.406 bits per heavy atom. The molecule has 47 heteroatoms. The summed E-state index contributed by atoms with van der Waals surface area (Å²) < 4.78 is 60.0. The van der Waals surface area contributed by atoms with Crippen LogP contribution in [0.25, 0.3) is 0 Å². The first-order chi connectivity index (χ1) is 61.1. The molecular weight excluding hydrogens is 2040 g/mol. The molecule has 2 aromatic rings. The number of carbonyl (C=O) groups excluding carboxylic acids is 11. The highest BCUT2D eigenvalue weighted by Crippen LogP contribution is 2.36. The Kier molecular flexibility index (Phi) is 53.3. The minimum Gasteiger partial charge on any atom is -0.507 e. The Balaban J connectivity index is 1.18. The highest BCUT2D eigenvalue weighted by atomic mass is 127. The molecule has 0 spiro atoms. The van der Waals surface area contributed by atoms with E-state index in [1.54, 1.807) is 24.3 Å². The summed E-state index contributed by atoms with van der Waals surface area (Å²) in [4.78, 5) is 153. The van der Waals surface area contributed by atoms with Gasteiger partial charge in [0.1, 0.15) is 96.1 Å². The minimum absolute atomic E-state index is 0.0473. The third-order valence-electron chi connectivity index (χ3n) is 20.0. The molecule has 3 saturated heterocycles. The van der Waals surface area contributed by atoms with Gasteiger partial charge in [-0.25, -0.2) is 4.79 Å². The number of aliphatic hydroxyl groups excluding tert-OH is 9. The zero-order valence-corrected chi connectivity index (χ0v) is 78.3. The molecule has 724 valence electrons. The Morgan fingerprint density at radius 2 is 0.734 bits per heavy atom. The van der Waals surface area contributed by atoms with Crippen molar-refractivity contribution in [2.45, 2.75) is 246 Å². The maximum atomic E-state index is 14.2. The van der Waals surface area contributed by atoms with Crippen LogP contribution in [-0.4, -0.2) is 349 Å². The zero-order chi connectivity index (χ0) is 94.3. The lowest BCUT2D eigenvalue weighted by atomic mass is 9.97. The molecule has 0 aromatic heterocycles. The number of rotatable bonds is 62. The summed E-state index contributed by atoms with van der Waals surface area (Å²) in [6, 6.07) is 3.43. The maximum absolute atomic E-state index is 14.2. The van der Waals surface area contributed by atoms with E-state index in [2.05, 4.69) is 104 Å². The SMILES string of the molecule is CC(=O)NC1C(OCCCCC(=O)NCCCNC(=O)CCOCC(COCCC(=O)NCCCNC(=O)CCCCOC2OC(CO)C(O)C(O)C2NC(C)=O)(COCCC(=O)NCCCNC(=O)CCCCOC2OC(CO)C(O)C(O)C2NC(C)=O)NC(=O)CCCC(=O)NC(Cc2cc(I)c(Oc3ccc(O)c(I)c3)c(I)c2)C(=O)O)OC(CO)C(O)C1O. The third-order valence-corrected chi connectivity index (χ3v) is 22.5. The monoisotopic (exact) mass is 2160 g/mol. The van der Waals surface area contributed by atoms with Crippen LogP contribution in [0.1, 0.15) is 142 Å². The highest BCUT2D eigenvalue weighted by Gasteiger charge is 2.48. The lowest BCUT2D eigenvalue weighted by Crippen LogP contribution is -2.64. The van der Waals surface area contributed by atoms with Gasteiger partial charge in [-0.2, -0.15) is 0 Å². The predicted molar refractivity (Wildman–Crippen MR) is 474 cm³/mol. The van der Waals surface area contributed by atoms with E-state index in [4.69, 9.17) is 47.4 Å². The van der Waals surface area contributed by atoms with Crippen LogP contribution < -0.4 is 63.2 Å². The molecule has 11 amide bonds. The van der Waals surface area contributed by atoms with Crippen molar-refractivity contribution < 1.29 is 161 Å². The number of aromatic hydroxyl groups is 1. The number of carbonyl (C=O) groups is 12. The quantitative estimate of drug-likeness (QED) is 0.0227. The van der Waals surface area contributed by atoms with Crippen LogP contribution >= 0.6 is 67.8 Å². The summed E-state index contributed by atoms with van der Waals surface area (Å²) in [7, 11) is 0. The van der Waals surface area contributed by atoms with Crippen molar-refractivity contribution in [2.24, 2.45) is 0 Å². The number of amides is 11. The number of benzene rings is 2. The molecule has 0 aliphatic carbocycles. The standard InChI is InChI=1S/C81H126I3N11O33/c1-46(99)91-67-73(114)70(111)56(40-96)126-78(67)122-30-7-4-14-59(103)85-24-11-27-88-62(106)21-33-119-43-81(44-120-34-22-63(107)89-28-12-25-86-60(104)15-5-8-31-123-79-68(92-47(2)100)74(115)71(112)57(41-97)127-79,45-121-35-23-64(108)90-29-13-26-87-61(105)16-6-9-32-124-80-69(93-48(3)101)75(116)72(113)58(42-98)128-80)95-66(110)18-10-17-65(109)94-54(77(117)118)38-49-36-52(83)76(53(84)37-49)125-50-19-20-55(102)51(82)39-50/h19-20,36-37,39,54,56-58,67-75,78-80,96-98,102,111-116H,4-18,21-35,38,40-45H2,1-3H3,(H,85,103)(H,86,104)(H,87,105)(H,88,106)(H,89,107)(H,90,108)(H,91,99)(H,92,100)(H,93,101)(H,94,109)(H,95,110)(H,117,118). The van der Waals surface area contributed by atoms with Crippen molar-refractivity contribution in [3.8, 4) is 17.2 Å². The molecule has 44 nitrogen and oxygen atoms in total. The van der Waals surface area contributed by atoms with Gasteiger partial charge in [-0.1, -0.05) is 0 Å². The molecule has 0 radical (unpaired) electrons. The van der Waals surface area contributed by atoms with Gasteiger partial charge in [-0.15, -0.1) is 0 Å². The van der Waals surface area contributed by atoms with Crippen LogP contribution in [0.3, 0.4) is 0 Å². The van der Waals surface area contributed by atoms with Crippen LogP contribution in [0.5, 0.6) is 17.2 Å². The van der Waals surface area contributed by atoms with Gasteiger partial charge in [0.2, 0.25) is 65.0 Å². The fourth-order valence-electron chi connectivity index (χ4n) is 13.3. The number of phenols is 1. The van der Waals surface area contributed by atoms with E-state index in [0.29, 0.717) is 85.6 Å². The molecular formula is C81H126I3N11O33. The number of ether oxygens (including phenoxy) is 10. The first kappa shape index (κ1) is 112. The van der Waals surface area contributed by atoms with E-state index in [9.17, 15) is 114 Å². The smallest absolute Gasteiger partial charge is 0.326 e. The van der Waals surface area contributed by atoms with E-state index in [1.165, 1.54) is 26.8 Å². The molecule has 16 unspecified atom stereocenters. The number of halogens is 3. The average Bonchev–Trinajstić information content (AvgIpc) is 0.795. The van der Waals surface area contributed by atoms with Gasteiger partial charge in [0.15, 0.2) is 24.6 Å². The number of carboxylic acids is 1. The number of unbranched alkanes of at least 4 members (excludes halogenated alkanes) is 3. The summed E-state index contributed by atoms with van der Waals surface area (Å²) in [6.07, 6.45) is -13.9. The molecule has 16 atom stereocenters. The summed E-state index contributed by atoms with van der Waals surface area (Å²) in [5.74, 6) is -5.40. The largest absolute Gasteiger partial charge is 0.507 e.